The largest absolute Gasteiger partial charge is 0.494 e. The van der Waals surface area contributed by atoms with Gasteiger partial charge in [-0.2, -0.15) is 4.98 Å². The number of nitrogens with zero attached hydrogens (tertiary/aromatic N) is 5. The van der Waals surface area contributed by atoms with Crippen LogP contribution in [0.5, 0.6) is 11.5 Å². The van der Waals surface area contributed by atoms with Crippen molar-refractivity contribution in [1.82, 2.24) is 20.1 Å². The highest BCUT2D eigenvalue weighted by Gasteiger charge is 2.22. The fraction of sp³-hybridized carbons (Fsp3) is 0.500. The molecule has 0 atom stereocenters. The number of halogens is 2. The zero-order valence-corrected chi connectivity index (χ0v) is 19.6. The van der Waals surface area contributed by atoms with Gasteiger partial charge in [0.1, 0.15) is 17.4 Å². The van der Waals surface area contributed by atoms with Gasteiger partial charge in [0.15, 0.2) is 5.75 Å². The monoisotopic (exact) mass is 473 g/mol. The summed E-state index contributed by atoms with van der Waals surface area (Å²) in [6, 6.07) is 2.33. The van der Waals surface area contributed by atoms with Crippen molar-refractivity contribution in [2.45, 2.75) is 45.4 Å². The molecule has 1 saturated heterocycles. The number of benzene rings is 1. The minimum absolute atomic E-state index is 0.0296. The number of rotatable bonds is 9. The molecular weight excluding hydrogens is 444 g/mol. The van der Waals surface area contributed by atoms with E-state index in [9.17, 15) is 8.78 Å². The van der Waals surface area contributed by atoms with E-state index in [-0.39, 0.29) is 23.1 Å². The summed E-state index contributed by atoms with van der Waals surface area (Å²) in [5, 5.41) is 3.69. The molecule has 1 fully saturated rings. The van der Waals surface area contributed by atoms with E-state index in [2.05, 4.69) is 25.0 Å². The molecule has 0 aliphatic carbocycles. The number of anilines is 1. The van der Waals surface area contributed by atoms with Crippen molar-refractivity contribution in [2.24, 2.45) is 5.92 Å². The summed E-state index contributed by atoms with van der Waals surface area (Å²) in [6.45, 7) is 5.90. The molecule has 8 nitrogen and oxygen atoms in total. The van der Waals surface area contributed by atoms with Crippen LogP contribution in [-0.4, -0.2) is 46.9 Å². The van der Waals surface area contributed by atoms with Crippen LogP contribution in [0.1, 0.15) is 51.3 Å². The zero-order valence-electron chi connectivity index (χ0n) is 19.6. The second-order valence-corrected chi connectivity index (χ2v) is 8.72. The third-order valence-corrected chi connectivity index (χ3v) is 5.95. The average molecular weight is 474 g/mol. The van der Waals surface area contributed by atoms with Gasteiger partial charge in [-0.05, 0) is 31.6 Å². The van der Waals surface area contributed by atoms with Gasteiger partial charge in [-0.3, -0.25) is 0 Å². The molecule has 1 aromatic carbocycles. The van der Waals surface area contributed by atoms with E-state index in [1.165, 1.54) is 0 Å². The van der Waals surface area contributed by atoms with Crippen molar-refractivity contribution in [3.63, 3.8) is 0 Å². The van der Waals surface area contributed by atoms with E-state index in [4.69, 9.17) is 14.0 Å². The normalized spacial score (nSPS) is 14.6. The van der Waals surface area contributed by atoms with Gasteiger partial charge in [0, 0.05) is 31.1 Å². The molecule has 10 heteroatoms. The molecular formula is C24H29F2N5O3. The lowest BCUT2D eigenvalue weighted by molar-refractivity contribution is 0.277. The van der Waals surface area contributed by atoms with E-state index >= 15 is 0 Å². The number of hydrogen-bond acceptors (Lipinski definition) is 8. The molecule has 34 heavy (non-hydrogen) atoms. The molecule has 0 unspecified atom stereocenters. The van der Waals surface area contributed by atoms with Gasteiger partial charge in [-0.25, -0.2) is 18.7 Å². The maximum Gasteiger partial charge on any atom is 0.229 e. The Labute approximate surface area is 197 Å². The number of hydrogen-bond donors (Lipinski definition) is 0. The molecule has 3 heterocycles. The second-order valence-electron chi connectivity index (χ2n) is 8.72. The lowest BCUT2D eigenvalue weighted by Crippen LogP contribution is -2.34. The van der Waals surface area contributed by atoms with Crippen LogP contribution in [0.2, 0.25) is 0 Å². The molecule has 1 aliphatic rings. The van der Waals surface area contributed by atoms with Crippen LogP contribution < -0.4 is 14.4 Å². The van der Waals surface area contributed by atoms with Gasteiger partial charge in [0.25, 0.3) is 0 Å². The molecule has 4 rings (SSSR count). The van der Waals surface area contributed by atoms with Crippen molar-refractivity contribution in [1.29, 1.82) is 0 Å². The lowest BCUT2D eigenvalue weighted by atomic mass is 9.92. The molecule has 0 bridgehead atoms. The van der Waals surface area contributed by atoms with Crippen molar-refractivity contribution < 1.29 is 22.8 Å². The van der Waals surface area contributed by atoms with E-state index < -0.39 is 11.6 Å². The van der Waals surface area contributed by atoms with Gasteiger partial charge in [0.05, 0.1) is 31.7 Å². The number of aromatic nitrogens is 4. The summed E-state index contributed by atoms with van der Waals surface area (Å²) < 4.78 is 44.9. The highest BCUT2D eigenvalue weighted by Crippen LogP contribution is 2.29. The summed E-state index contributed by atoms with van der Waals surface area (Å²) in [7, 11) is 1.59. The quantitative estimate of drug-likeness (QED) is 0.401. The second kappa shape index (κ2) is 10.8. The predicted octanol–water partition coefficient (Wildman–Crippen LogP) is 5.01. The number of methoxy groups -OCH3 is 1. The number of piperidine rings is 1. The minimum atomic E-state index is -0.778. The topological polar surface area (TPSA) is 86.4 Å². The predicted molar refractivity (Wildman–Crippen MR) is 122 cm³/mol. The van der Waals surface area contributed by atoms with E-state index in [0.717, 1.165) is 56.9 Å². The van der Waals surface area contributed by atoms with E-state index in [0.29, 0.717) is 24.2 Å². The van der Waals surface area contributed by atoms with Gasteiger partial charge in [0.2, 0.25) is 17.7 Å². The first-order valence-corrected chi connectivity index (χ1v) is 11.5. The summed E-state index contributed by atoms with van der Waals surface area (Å²) in [5.41, 5.74) is -0.310. The minimum Gasteiger partial charge on any atom is -0.494 e. The van der Waals surface area contributed by atoms with Crippen molar-refractivity contribution >= 4 is 5.95 Å². The molecule has 0 amide bonds. The Morgan fingerprint density at radius 3 is 2.35 bits per heavy atom. The summed E-state index contributed by atoms with van der Waals surface area (Å²) >= 11 is 0. The van der Waals surface area contributed by atoms with Gasteiger partial charge in [-0.15, -0.1) is 0 Å². The molecule has 2 aromatic heterocycles. The van der Waals surface area contributed by atoms with Crippen LogP contribution in [0.4, 0.5) is 14.7 Å². The summed E-state index contributed by atoms with van der Waals surface area (Å²) in [6.07, 6.45) is 7.22. The van der Waals surface area contributed by atoms with Crippen LogP contribution in [0.3, 0.4) is 0 Å². The Kier molecular flexibility index (Phi) is 7.54. The average Bonchev–Trinajstić information content (AvgIpc) is 3.32. The smallest absolute Gasteiger partial charge is 0.229 e. The van der Waals surface area contributed by atoms with Crippen molar-refractivity contribution in [3.8, 4) is 22.9 Å². The van der Waals surface area contributed by atoms with Crippen LogP contribution in [-0.2, 0) is 0 Å². The van der Waals surface area contributed by atoms with Gasteiger partial charge >= 0.3 is 0 Å². The number of ether oxygens (including phenoxy) is 2. The third-order valence-electron chi connectivity index (χ3n) is 5.95. The Bertz CT molecular complexity index is 1060. The van der Waals surface area contributed by atoms with Gasteiger partial charge in [-0.1, -0.05) is 19.0 Å². The van der Waals surface area contributed by atoms with Crippen LogP contribution in [0, 0.1) is 17.6 Å². The fourth-order valence-electron chi connectivity index (χ4n) is 3.98. The van der Waals surface area contributed by atoms with Gasteiger partial charge < -0.3 is 18.9 Å². The maximum atomic E-state index is 14.6. The first-order valence-electron chi connectivity index (χ1n) is 11.5. The van der Waals surface area contributed by atoms with Crippen LogP contribution in [0.15, 0.2) is 29.0 Å². The Hall–Kier alpha value is -3.30. The molecule has 1 aliphatic heterocycles. The molecule has 0 spiro atoms. The Morgan fingerprint density at radius 1 is 1.09 bits per heavy atom. The maximum absolute atomic E-state index is 14.6. The van der Waals surface area contributed by atoms with Crippen molar-refractivity contribution in [3.05, 3.63) is 42.1 Å². The molecule has 0 radical (unpaired) electrons. The fourth-order valence-corrected chi connectivity index (χ4v) is 3.98. The molecule has 3 aromatic rings. The Balaban J connectivity index is 1.23. The lowest BCUT2D eigenvalue weighted by Gasteiger charge is -2.32. The third kappa shape index (κ3) is 5.60. The highest BCUT2D eigenvalue weighted by atomic mass is 19.1. The Morgan fingerprint density at radius 2 is 1.76 bits per heavy atom. The van der Waals surface area contributed by atoms with Crippen LogP contribution in [0.25, 0.3) is 11.4 Å². The van der Waals surface area contributed by atoms with E-state index in [1.54, 1.807) is 19.5 Å². The van der Waals surface area contributed by atoms with Crippen LogP contribution >= 0.6 is 0 Å². The SMILES string of the molecule is COc1cnc(N2CCC(CCCOc3cc(F)c(-c4noc(C(C)C)n4)c(F)c3)CC2)nc1. The molecule has 0 N–H and O–H groups in total. The summed E-state index contributed by atoms with van der Waals surface area (Å²) in [4.78, 5) is 15.0. The molecule has 0 saturated carbocycles. The standard InChI is InChI=1S/C24H29F2N5O3/c1-15(2)23-29-22(30-34-23)21-19(25)11-17(12-20(21)26)33-10-4-5-16-6-8-31(9-7-16)24-27-13-18(32-3)14-28-24/h11-16H,4-10H2,1-3H3. The zero-order chi connectivity index (χ0) is 24.1. The van der Waals surface area contributed by atoms with E-state index in [1.807, 2.05) is 13.8 Å². The molecule has 182 valence electrons. The first kappa shape index (κ1) is 23.8. The first-order chi connectivity index (χ1) is 16.4. The summed E-state index contributed by atoms with van der Waals surface area (Å²) in [5.74, 6) is 0.726. The highest BCUT2D eigenvalue weighted by molar-refractivity contribution is 5.58. The van der Waals surface area contributed by atoms with Crippen molar-refractivity contribution in [2.75, 3.05) is 31.7 Å².